The van der Waals surface area contributed by atoms with Gasteiger partial charge in [0.05, 0.1) is 0 Å². The van der Waals surface area contributed by atoms with Crippen molar-refractivity contribution in [1.29, 1.82) is 0 Å². The molecule has 0 bridgehead atoms. The molecule has 0 saturated heterocycles. The predicted molar refractivity (Wildman–Crippen MR) is 103 cm³/mol. The molecule has 3 aromatic rings. The minimum atomic E-state index is -2.44. The molecule has 1 aliphatic rings. The zero-order valence-corrected chi connectivity index (χ0v) is 14.7. The van der Waals surface area contributed by atoms with Crippen molar-refractivity contribution in [1.82, 2.24) is 0 Å². The maximum absolute atomic E-state index is 13.2. The molecule has 0 nitrogen and oxygen atoms in total. The van der Waals surface area contributed by atoms with E-state index >= 15 is 0 Å². The molecule has 2 heteroatoms. The molecule has 0 spiro atoms. The van der Waals surface area contributed by atoms with E-state index in [1.807, 2.05) is 24.3 Å². The number of hydrogen-bond acceptors (Lipinski definition) is 0. The summed E-state index contributed by atoms with van der Waals surface area (Å²) in [6.45, 7) is 2.08. The first-order valence-corrected chi connectivity index (χ1v) is 8.90. The summed E-state index contributed by atoms with van der Waals surface area (Å²) >= 11 is 0. The minimum Gasteiger partial charge on any atom is -0.205 e. The standard InChI is InChI=1S/C24H20F2/c1-16-5-4-6-17(13-16)14-23-21-8-3-2-7-18(21)9-10-19-15-20(24(25)26)11-12-22(19)23/h2-8,11-15,24H,9-10H2,1H3/b23-14-. The third-order valence-electron chi connectivity index (χ3n) is 5.00. The highest BCUT2D eigenvalue weighted by molar-refractivity contribution is 5.94. The zero-order chi connectivity index (χ0) is 18.1. The normalized spacial score (nSPS) is 14.8. The van der Waals surface area contributed by atoms with Crippen molar-refractivity contribution < 1.29 is 8.78 Å². The summed E-state index contributed by atoms with van der Waals surface area (Å²) in [6.07, 6.45) is 1.38. The van der Waals surface area contributed by atoms with Crippen LogP contribution in [0.15, 0.2) is 66.7 Å². The molecule has 3 aromatic carbocycles. The number of hydrogen-bond donors (Lipinski definition) is 0. The van der Waals surface area contributed by atoms with Crippen LogP contribution in [0.1, 0.15) is 45.4 Å². The second kappa shape index (κ2) is 6.87. The van der Waals surface area contributed by atoms with E-state index < -0.39 is 6.43 Å². The molecule has 0 N–H and O–H groups in total. The molecule has 0 amide bonds. The topological polar surface area (TPSA) is 0 Å². The van der Waals surface area contributed by atoms with E-state index in [0.29, 0.717) is 0 Å². The third kappa shape index (κ3) is 3.20. The molecule has 0 aromatic heterocycles. The fourth-order valence-corrected chi connectivity index (χ4v) is 3.72. The van der Waals surface area contributed by atoms with Gasteiger partial charge in [-0.1, -0.05) is 66.2 Å². The quantitative estimate of drug-likeness (QED) is 0.489. The number of halogens is 2. The van der Waals surface area contributed by atoms with Crippen molar-refractivity contribution in [3.05, 3.63) is 106 Å². The van der Waals surface area contributed by atoms with Gasteiger partial charge in [0.25, 0.3) is 6.43 Å². The first kappa shape index (κ1) is 16.7. The lowest BCUT2D eigenvalue weighted by Crippen LogP contribution is -1.95. The Hall–Kier alpha value is -2.74. The van der Waals surface area contributed by atoms with Crippen LogP contribution >= 0.6 is 0 Å². The molecule has 0 unspecified atom stereocenters. The largest absolute Gasteiger partial charge is 0.263 e. The Morgan fingerprint density at radius 3 is 2.38 bits per heavy atom. The summed E-state index contributed by atoms with van der Waals surface area (Å²) in [5.74, 6) is 0. The van der Waals surface area contributed by atoms with Gasteiger partial charge in [-0.2, -0.15) is 0 Å². The Labute approximate surface area is 152 Å². The number of fused-ring (bicyclic) bond motifs is 2. The number of alkyl halides is 2. The van der Waals surface area contributed by atoms with Crippen LogP contribution < -0.4 is 0 Å². The van der Waals surface area contributed by atoms with E-state index in [2.05, 4.69) is 43.3 Å². The fraction of sp³-hybridized carbons (Fsp3) is 0.167. The van der Waals surface area contributed by atoms with Crippen LogP contribution in [0.2, 0.25) is 0 Å². The van der Waals surface area contributed by atoms with Crippen LogP contribution in [0.3, 0.4) is 0 Å². The lowest BCUT2D eigenvalue weighted by molar-refractivity contribution is 0.151. The number of benzene rings is 3. The second-order valence-electron chi connectivity index (χ2n) is 6.85. The molecule has 130 valence electrons. The second-order valence-corrected chi connectivity index (χ2v) is 6.85. The third-order valence-corrected chi connectivity index (χ3v) is 5.00. The Balaban J connectivity index is 1.94. The van der Waals surface area contributed by atoms with Crippen molar-refractivity contribution in [2.45, 2.75) is 26.2 Å². The van der Waals surface area contributed by atoms with Crippen LogP contribution in [0.4, 0.5) is 8.78 Å². The van der Waals surface area contributed by atoms with E-state index in [1.165, 1.54) is 16.7 Å². The van der Waals surface area contributed by atoms with Gasteiger partial charge in [-0.15, -0.1) is 0 Å². The summed E-state index contributed by atoms with van der Waals surface area (Å²) in [5.41, 5.74) is 8.05. The van der Waals surface area contributed by atoms with Crippen LogP contribution in [0.25, 0.3) is 11.6 Å². The number of rotatable bonds is 2. The molecule has 0 saturated carbocycles. The van der Waals surface area contributed by atoms with E-state index in [9.17, 15) is 8.78 Å². The summed E-state index contributed by atoms with van der Waals surface area (Å²) in [5, 5.41) is 0. The number of aryl methyl sites for hydroxylation is 3. The first-order valence-electron chi connectivity index (χ1n) is 8.90. The Morgan fingerprint density at radius 1 is 0.808 bits per heavy atom. The van der Waals surface area contributed by atoms with E-state index in [0.717, 1.165) is 35.1 Å². The average Bonchev–Trinajstić information content (AvgIpc) is 2.79. The molecular formula is C24H20F2. The first-order chi connectivity index (χ1) is 12.6. The van der Waals surface area contributed by atoms with E-state index in [4.69, 9.17) is 0 Å². The highest BCUT2D eigenvalue weighted by atomic mass is 19.3. The molecular weight excluding hydrogens is 326 g/mol. The highest BCUT2D eigenvalue weighted by Gasteiger charge is 2.19. The van der Waals surface area contributed by atoms with Crippen molar-refractivity contribution in [2.75, 3.05) is 0 Å². The van der Waals surface area contributed by atoms with Gasteiger partial charge >= 0.3 is 0 Å². The summed E-state index contributed by atoms with van der Waals surface area (Å²) < 4.78 is 26.4. The van der Waals surface area contributed by atoms with Crippen molar-refractivity contribution >= 4 is 11.6 Å². The maximum Gasteiger partial charge on any atom is 0.263 e. The SMILES string of the molecule is Cc1cccc(/C=C2/c3ccccc3CCc3cc(C(F)F)ccc32)c1. The predicted octanol–water partition coefficient (Wildman–Crippen LogP) is 6.62. The van der Waals surface area contributed by atoms with Crippen LogP contribution in [0.5, 0.6) is 0 Å². The smallest absolute Gasteiger partial charge is 0.205 e. The van der Waals surface area contributed by atoms with Gasteiger partial charge in [-0.05, 0) is 65.3 Å². The molecule has 0 atom stereocenters. The minimum absolute atomic E-state index is 0.101. The molecule has 1 aliphatic carbocycles. The monoisotopic (exact) mass is 346 g/mol. The van der Waals surface area contributed by atoms with Gasteiger partial charge < -0.3 is 0 Å². The lowest BCUT2D eigenvalue weighted by Gasteiger charge is -2.13. The zero-order valence-electron chi connectivity index (χ0n) is 14.7. The Kier molecular flexibility index (Phi) is 4.42. The Morgan fingerprint density at radius 2 is 1.58 bits per heavy atom. The van der Waals surface area contributed by atoms with E-state index in [-0.39, 0.29) is 5.56 Å². The maximum atomic E-state index is 13.2. The van der Waals surface area contributed by atoms with Crippen LogP contribution in [-0.4, -0.2) is 0 Å². The van der Waals surface area contributed by atoms with Crippen molar-refractivity contribution in [3.63, 3.8) is 0 Å². The summed E-state index contributed by atoms with van der Waals surface area (Å²) in [6, 6.07) is 21.8. The molecule has 0 fully saturated rings. The van der Waals surface area contributed by atoms with Gasteiger partial charge in [0.15, 0.2) is 0 Å². The molecule has 0 heterocycles. The van der Waals surface area contributed by atoms with E-state index in [1.54, 1.807) is 12.1 Å². The molecule has 0 aliphatic heterocycles. The Bertz CT molecular complexity index is 983. The van der Waals surface area contributed by atoms with Crippen LogP contribution in [-0.2, 0) is 12.8 Å². The van der Waals surface area contributed by atoms with Gasteiger partial charge in [0.1, 0.15) is 0 Å². The van der Waals surface area contributed by atoms with Gasteiger partial charge in [-0.3, -0.25) is 0 Å². The summed E-state index contributed by atoms with van der Waals surface area (Å²) in [7, 11) is 0. The van der Waals surface area contributed by atoms with Gasteiger partial charge in [0.2, 0.25) is 0 Å². The fourth-order valence-electron chi connectivity index (χ4n) is 3.72. The lowest BCUT2D eigenvalue weighted by atomic mass is 9.91. The average molecular weight is 346 g/mol. The summed E-state index contributed by atoms with van der Waals surface area (Å²) in [4.78, 5) is 0. The molecule has 26 heavy (non-hydrogen) atoms. The van der Waals surface area contributed by atoms with Crippen LogP contribution in [0, 0.1) is 6.92 Å². The molecule has 0 radical (unpaired) electrons. The van der Waals surface area contributed by atoms with Crippen molar-refractivity contribution in [3.8, 4) is 0 Å². The van der Waals surface area contributed by atoms with Gasteiger partial charge in [0, 0.05) is 5.56 Å². The van der Waals surface area contributed by atoms with Crippen molar-refractivity contribution in [2.24, 2.45) is 0 Å². The highest BCUT2D eigenvalue weighted by Crippen LogP contribution is 2.36. The van der Waals surface area contributed by atoms with Gasteiger partial charge in [-0.25, -0.2) is 8.78 Å². The molecule has 4 rings (SSSR count).